The van der Waals surface area contributed by atoms with Crippen molar-refractivity contribution in [1.82, 2.24) is 0 Å². The van der Waals surface area contributed by atoms with E-state index in [4.69, 9.17) is 0 Å². The fourth-order valence-electron chi connectivity index (χ4n) is 12.1. The van der Waals surface area contributed by atoms with Gasteiger partial charge >= 0.3 is 0 Å². The molecule has 0 saturated carbocycles. The zero-order chi connectivity index (χ0) is 41.6. The normalized spacial score (nSPS) is 15.5. The summed E-state index contributed by atoms with van der Waals surface area (Å²) in [7, 11) is 0. The highest BCUT2D eigenvalue weighted by atomic mass is 14.4. The molecule has 63 heavy (non-hydrogen) atoms. The molecule has 14 rings (SSSR count). The molecule has 4 aliphatic carbocycles. The van der Waals surface area contributed by atoms with Gasteiger partial charge in [0.15, 0.2) is 0 Å². The molecule has 10 aromatic rings. The highest BCUT2D eigenvalue weighted by molar-refractivity contribution is 6.25. The van der Waals surface area contributed by atoms with Gasteiger partial charge in [0.1, 0.15) is 0 Å². The third kappa shape index (κ3) is 5.10. The average molecular weight is 801 g/mol. The first kappa shape index (κ1) is 35.3. The third-order valence-electron chi connectivity index (χ3n) is 15.4. The monoisotopic (exact) mass is 800 g/mol. The summed E-state index contributed by atoms with van der Waals surface area (Å²) in [6, 6.07) is 60.6. The zero-order valence-electron chi connectivity index (χ0n) is 35.6. The molecule has 0 amide bonds. The van der Waals surface area contributed by atoms with Gasteiger partial charge in [-0.25, -0.2) is 0 Å². The van der Waals surface area contributed by atoms with E-state index in [1.54, 1.807) is 0 Å². The topological polar surface area (TPSA) is 0 Å². The summed E-state index contributed by atoms with van der Waals surface area (Å²) in [4.78, 5) is 0. The highest BCUT2D eigenvalue weighted by Gasteiger charge is 2.36. The van der Waals surface area contributed by atoms with Crippen molar-refractivity contribution in [3.63, 3.8) is 0 Å². The quantitative estimate of drug-likeness (QED) is 0.156. The van der Waals surface area contributed by atoms with E-state index in [0.29, 0.717) is 0 Å². The predicted molar refractivity (Wildman–Crippen MR) is 269 cm³/mol. The Balaban J connectivity index is 0.749. The molecule has 0 heterocycles. The van der Waals surface area contributed by atoms with Crippen molar-refractivity contribution in [2.24, 2.45) is 0 Å². The van der Waals surface area contributed by atoms with Crippen molar-refractivity contribution in [3.05, 3.63) is 220 Å². The second kappa shape index (κ2) is 12.9. The summed E-state index contributed by atoms with van der Waals surface area (Å²) in [5.41, 5.74) is 24.7. The standard InChI is InChI=1S/C63H44/c1-63(2)57-35-48(37-9-11-38(12-10-37)51-27-21-43-15-13-39-5-3-7-41-23-31-55(51)61(43)59(39)41)25-29-53(57)54-30-26-49(36-58(54)63)46-17-18-47-34-50(20-19-45(47)33-46)52-28-22-44-16-14-40-6-4-8-42-24-32-56(52)62(44)60(40)42/h3-5,7-15,17-18,20-33,35-36H,6,16,19,34H2,1-2H3. The zero-order valence-corrected chi connectivity index (χ0v) is 35.6. The van der Waals surface area contributed by atoms with Gasteiger partial charge in [0.2, 0.25) is 0 Å². The fraction of sp³-hybridized carbons (Fsp3) is 0.111. The second-order valence-electron chi connectivity index (χ2n) is 19.1. The van der Waals surface area contributed by atoms with Gasteiger partial charge < -0.3 is 0 Å². The average Bonchev–Trinajstić information content (AvgIpc) is 3.56. The molecule has 0 bridgehead atoms. The SMILES string of the molecule is CC1(C)c2cc(-c3ccc(-c4ccc5ccc6cccc7ccc4c5c67)cc3)ccc2-c2ccc(-c3ccc4c(c3)CC=C(c3ccc5c6c7c(ccc36)C=CCC7=CC5)C4)cc21. The molecule has 0 aromatic heterocycles. The molecule has 0 nitrogen and oxygen atoms in total. The minimum absolute atomic E-state index is 0.116. The number of benzene rings is 10. The van der Waals surface area contributed by atoms with Crippen LogP contribution in [0.1, 0.15) is 64.8 Å². The molecule has 0 spiro atoms. The second-order valence-corrected chi connectivity index (χ2v) is 19.1. The van der Waals surface area contributed by atoms with Gasteiger partial charge in [0.25, 0.3) is 0 Å². The van der Waals surface area contributed by atoms with Crippen LogP contribution in [0, 0.1) is 0 Å². The maximum Gasteiger partial charge on any atom is 0.0159 e. The van der Waals surface area contributed by atoms with Crippen molar-refractivity contribution in [2.75, 3.05) is 0 Å². The Kier molecular flexibility index (Phi) is 7.22. The van der Waals surface area contributed by atoms with Crippen LogP contribution >= 0.6 is 0 Å². The van der Waals surface area contributed by atoms with Gasteiger partial charge in [-0.2, -0.15) is 0 Å². The molecule has 0 heteroatoms. The first-order valence-electron chi connectivity index (χ1n) is 22.8. The van der Waals surface area contributed by atoms with Crippen LogP contribution in [0.25, 0.3) is 105 Å². The van der Waals surface area contributed by atoms with Crippen LogP contribution < -0.4 is 0 Å². The Hall–Kier alpha value is -7.28. The van der Waals surface area contributed by atoms with E-state index in [0.717, 1.165) is 25.7 Å². The molecule has 0 radical (unpaired) electrons. The molecule has 0 N–H and O–H groups in total. The van der Waals surface area contributed by atoms with Gasteiger partial charge in [-0.15, -0.1) is 0 Å². The lowest BCUT2D eigenvalue weighted by molar-refractivity contribution is 0.661. The molecule has 296 valence electrons. The number of fused-ring (bicyclic) bond motifs is 4. The maximum absolute atomic E-state index is 2.50. The van der Waals surface area contributed by atoms with Crippen LogP contribution in [0.3, 0.4) is 0 Å². The van der Waals surface area contributed by atoms with Crippen LogP contribution in [0.5, 0.6) is 0 Å². The molecule has 0 atom stereocenters. The molecule has 0 unspecified atom stereocenters. The van der Waals surface area contributed by atoms with E-state index >= 15 is 0 Å². The van der Waals surface area contributed by atoms with E-state index in [-0.39, 0.29) is 5.41 Å². The smallest absolute Gasteiger partial charge is 0.0159 e. The third-order valence-corrected chi connectivity index (χ3v) is 15.4. The Labute approximate surface area is 368 Å². The highest BCUT2D eigenvalue weighted by Crippen LogP contribution is 2.51. The summed E-state index contributed by atoms with van der Waals surface area (Å²) in [6.45, 7) is 4.81. The number of hydrogen-bond acceptors (Lipinski definition) is 0. The Morgan fingerprint density at radius 2 is 0.968 bits per heavy atom. The molecular weight excluding hydrogens is 757 g/mol. The Morgan fingerprint density at radius 1 is 0.397 bits per heavy atom. The van der Waals surface area contributed by atoms with Crippen LogP contribution in [0.4, 0.5) is 0 Å². The summed E-state index contributed by atoms with van der Waals surface area (Å²) in [5.74, 6) is 0. The van der Waals surface area contributed by atoms with Crippen molar-refractivity contribution >= 4 is 60.3 Å². The molecule has 0 saturated heterocycles. The van der Waals surface area contributed by atoms with Crippen LogP contribution in [-0.4, -0.2) is 0 Å². The largest absolute Gasteiger partial charge is 0.0795 e. The van der Waals surface area contributed by atoms with Crippen LogP contribution in [0.2, 0.25) is 0 Å². The van der Waals surface area contributed by atoms with Crippen LogP contribution in [-0.2, 0) is 24.7 Å². The maximum atomic E-state index is 2.50. The fourth-order valence-corrected chi connectivity index (χ4v) is 12.1. The first-order chi connectivity index (χ1) is 30.9. The van der Waals surface area contributed by atoms with Gasteiger partial charge in [-0.3, -0.25) is 0 Å². The van der Waals surface area contributed by atoms with E-state index < -0.39 is 0 Å². The van der Waals surface area contributed by atoms with Crippen molar-refractivity contribution in [3.8, 4) is 44.5 Å². The van der Waals surface area contributed by atoms with Gasteiger partial charge in [0, 0.05) is 5.41 Å². The number of rotatable bonds is 4. The summed E-state index contributed by atoms with van der Waals surface area (Å²) >= 11 is 0. The Morgan fingerprint density at radius 3 is 1.78 bits per heavy atom. The van der Waals surface area contributed by atoms with Crippen molar-refractivity contribution in [2.45, 2.75) is 44.9 Å². The first-order valence-corrected chi connectivity index (χ1v) is 22.8. The van der Waals surface area contributed by atoms with E-state index in [9.17, 15) is 0 Å². The summed E-state index contributed by atoms with van der Waals surface area (Å²) in [5, 5.41) is 10.9. The minimum Gasteiger partial charge on any atom is -0.0795 e. The molecule has 10 aromatic carbocycles. The summed E-state index contributed by atoms with van der Waals surface area (Å²) in [6.07, 6.45) is 13.6. The lowest BCUT2D eigenvalue weighted by Crippen LogP contribution is -2.15. The van der Waals surface area contributed by atoms with Crippen molar-refractivity contribution < 1.29 is 0 Å². The Bertz CT molecular complexity index is 3710. The summed E-state index contributed by atoms with van der Waals surface area (Å²) < 4.78 is 0. The predicted octanol–water partition coefficient (Wildman–Crippen LogP) is 16.6. The van der Waals surface area contributed by atoms with Gasteiger partial charge in [-0.1, -0.05) is 184 Å². The lowest BCUT2D eigenvalue weighted by atomic mass is 9.78. The minimum atomic E-state index is -0.116. The van der Waals surface area contributed by atoms with E-state index in [1.807, 2.05) is 0 Å². The van der Waals surface area contributed by atoms with Crippen LogP contribution in [0.15, 0.2) is 176 Å². The molecule has 4 aliphatic rings. The van der Waals surface area contributed by atoms with Gasteiger partial charge in [0.05, 0.1) is 0 Å². The molecule has 0 fully saturated rings. The van der Waals surface area contributed by atoms with E-state index in [2.05, 4.69) is 196 Å². The van der Waals surface area contributed by atoms with E-state index in [1.165, 1.54) is 143 Å². The lowest BCUT2D eigenvalue weighted by Gasteiger charge is -2.26. The number of hydrogen-bond donors (Lipinski definition) is 0. The number of allylic oxidation sites excluding steroid dienone is 5. The molecule has 0 aliphatic heterocycles. The molecular formula is C63H44. The van der Waals surface area contributed by atoms with Gasteiger partial charge in [-0.05, 0) is 181 Å². The van der Waals surface area contributed by atoms with Crippen molar-refractivity contribution in [1.29, 1.82) is 0 Å².